The van der Waals surface area contributed by atoms with Crippen LogP contribution in [0.5, 0.6) is 17.2 Å². The summed E-state index contributed by atoms with van der Waals surface area (Å²) in [4.78, 5) is 11.8. The Kier molecular flexibility index (Phi) is 5.61. The van der Waals surface area contributed by atoms with Crippen molar-refractivity contribution in [1.82, 2.24) is 10.6 Å². The Bertz CT molecular complexity index is 733. The predicted molar refractivity (Wildman–Crippen MR) is 94.1 cm³/mol. The first-order valence-corrected chi connectivity index (χ1v) is 8.30. The van der Waals surface area contributed by atoms with E-state index in [1.165, 1.54) is 5.56 Å². The SMILES string of the molecule is Cc1cccc(OCCCNC(=O)NCc2ccc3c(c2)OCO3)c1. The van der Waals surface area contributed by atoms with Gasteiger partial charge in [-0.15, -0.1) is 0 Å². The maximum atomic E-state index is 11.8. The molecule has 1 aliphatic heterocycles. The third-order valence-electron chi connectivity index (χ3n) is 3.75. The number of benzene rings is 2. The summed E-state index contributed by atoms with van der Waals surface area (Å²) < 4.78 is 16.2. The molecular formula is C19H22N2O4. The number of amides is 2. The maximum absolute atomic E-state index is 11.8. The minimum atomic E-state index is -0.201. The lowest BCUT2D eigenvalue weighted by atomic mass is 10.2. The smallest absolute Gasteiger partial charge is 0.315 e. The second-order valence-corrected chi connectivity index (χ2v) is 5.82. The van der Waals surface area contributed by atoms with Crippen LogP contribution in [0.25, 0.3) is 0 Å². The van der Waals surface area contributed by atoms with Gasteiger partial charge >= 0.3 is 6.03 Å². The van der Waals surface area contributed by atoms with Crippen molar-refractivity contribution in [3.8, 4) is 17.2 Å². The molecule has 2 N–H and O–H groups in total. The summed E-state index contributed by atoms with van der Waals surface area (Å²) in [7, 11) is 0. The zero-order chi connectivity index (χ0) is 17.5. The molecule has 0 fully saturated rings. The lowest BCUT2D eigenvalue weighted by molar-refractivity contribution is 0.174. The van der Waals surface area contributed by atoms with Gasteiger partial charge in [0.2, 0.25) is 6.79 Å². The Balaban J connectivity index is 1.30. The number of hydrogen-bond donors (Lipinski definition) is 2. The first-order chi connectivity index (χ1) is 12.2. The van der Waals surface area contributed by atoms with Gasteiger partial charge in [-0.3, -0.25) is 0 Å². The van der Waals surface area contributed by atoms with Gasteiger partial charge < -0.3 is 24.8 Å². The lowest BCUT2D eigenvalue weighted by Gasteiger charge is -2.09. The number of fused-ring (bicyclic) bond motifs is 1. The first kappa shape index (κ1) is 17.0. The molecule has 0 aromatic heterocycles. The topological polar surface area (TPSA) is 68.8 Å². The van der Waals surface area contributed by atoms with Crippen molar-refractivity contribution >= 4 is 6.03 Å². The summed E-state index contributed by atoms with van der Waals surface area (Å²) in [6, 6.07) is 13.3. The molecule has 0 spiro atoms. The van der Waals surface area contributed by atoms with Gasteiger partial charge in [0.1, 0.15) is 5.75 Å². The van der Waals surface area contributed by atoms with Crippen LogP contribution in [0.4, 0.5) is 4.79 Å². The molecule has 6 heteroatoms. The number of rotatable bonds is 7. The van der Waals surface area contributed by atoms with E-state index in [1.807, 2.05) is 49.4 Å². The van der Waals surface area contributed by atoms with Gasteiger partial charge in [0, 0.05) is 13.1 Å². The van der Waals surface area contributed by atoms with Crippen LogP contribution in [-0.4, -0.2) is 26.0 Å². The third-order valence-corrected chi connectivity index (χ3v) is 3.75. The van der Waals surface area contributed by atoms with Gasteiger partial charge in [0.15, 0.2) is 11.5 Å². The molecule has 0 saturated carbocycles. The minimum absolute atomic E-state index is 0.201. The van der Waals surface area contributed by atoms with Crippen molar-refractivity contribution in [3.05, 3.63) is 53.6 Å². The molecule has 2 aromatic rings. The second kappa shape index (κ2) is 8.28. The zero-order valence-electron chi connectivity index (χ0n) is 14.2. The summed E-state index contributed by atoms with van der Waals surface area (Å²) in [6.07, 6.45) is 0.741. The average Bonchev–Trinajstić information content (AvgIpc) is 3.07. The van der Waals surface area contributed by atoms with Crippen LogP contribution >= 0.6 is 0 Å². The van der Waals surface area contributed by atoms with Gasteiger partial charge in [-0.25, -0.2) is 4.79 Å². The summed E-state index contributed by atoms with van der Waals surface area (Å²) in [5, 5.41) is 5.64. The van der Waals surface area contributed by atoms with Gasteiger partial charge in [0.25, 0.3) is 0 Å². The highest BCUT2D eigenvalue weighted by atomic mass is 16.7. The number of urea groups is 1. The monoisotopic (exact) mass is 342 g/mol. The second-order valence-electron chi connectivity index (χ2n) is 5.82. The summed E-state index contributed by atoms with van der Waals surface area (Å²) in [5.74, 6) is 2.31. The molecule has 0 saturated heterocycles. The first-order valence-electron chi connectivity index (χ1n) is 8.30. The molecule has 1 heterocycles. The number of carbonyl (C=O) groups is 1. The fraction of sp³-hybridized carbons (Fsp3) is 0.316. The highest BCUT2D eigenvalue weighted by molar-refractivity contribution is 5.73. The van der Waals surface area contributed by atoms with E-state index < -0.39 is 0 Å². The fourth-order valence-electron chi connectivity index (χ4n) is 2.46. The van der Waals surface area contributed by atoms with Crippen LogP contribution in [0.3, 0.4) is 0 Å². The van der Waals surface area contributed by atoms with Gasteiger partial charge in [0.05, 0.1) is 6.61 Å². The van der Waals surface area contributed by atoms with E-state index in [1.54, 1.807) is 0 Å². The van der Waals surface area contributed by atoms with Crippen LogP contribution in [0.15, 0.2) is 42.5 Å². The highest BCUT2D eigenvalue weighted by Gasteiger charge is 2.13. The molecule has 2 aromatic carbocycles. The number of ether oxygens (including phenoxy) is 3. The summed E-state index contributed by atoms with van der Waals surface area (Å²) >= 11 is 0. The number of aryl methyl sites for hydroxylation is 1. The number of carbonyl (C=O) groups excluding carboxylic acids is 1. The lowest BCUT2D eigenvalue weighted by Crippen LogP contribution is -2.36. The maximum Gasteiger partial charge on any atom is 0.315 e. The Labute approximate surface area is 147 Å². The van der Waals surface area contributed by atoms with Crippen LogP contribution in [-0.2, 0) is 6.54 Å². The highest BCUT2D eigenvalue weighted by Crippen LogP contribution is 2.32. The average molecular weight is 342 g/mol. The van der Waals surface area contributed by atoms with Crippen LogP contribution in [0, 0.1) is 6.92 Å². The predicted octanol–water partition coefficient (Wildman–Crippen LogP) is 2.99. The van der Waals surface area contributed by atoms with E-state index in [9.17, 15) is 4.79 Å². The Morgan fingerprint density at radius 1 is 1.12 bits per heavy atom. The standard InChI is InChI=1S/C19H22N2O4/c1-14-4-2-5-16(10-14)23-9-3-8-20-19(22)21-12-15-6-7-17-18(11-15)25-13-24-17/h2,4-7,10-11H,3,8-9,12-13H2,1H3,(H2,20,21,22). The molecule has 2 amide bonds. The molecule has 3 rings (SSSR count). The summed E-state index contributed by atoms with van der Waals surface area (Å²) in [6.45, 7) is 3.82. The van der Waals surface area contributed by atoms with E-state index in [2.05, 4.69) is 10.6 Å². The van der Waals surface area contributed by atoms with Gasteiger partial charge in [-0.2, -0.15) is 0 Å². The molecule has 0 unspecified atom stereocenters. The van der Waals surface area contributed by atoms with Crippen molar-refractivity contribution in [3.63, 3.8) is 0 Å². The molecule has 132 valence electrons. The van der Waals surface area contributed by atoms with Crippen molar-refractivity contribution in [2.45, 2.75) is 19.9 Å². The molecule has 0 atom stereocenters. The van der Waals surface area contributed by atoms with E-state index in [0.29, 0.717) is 25.4 Å². The normalized spacial score (nSPS) is 11.9. The van der Waals surface area contributed by atoms with Crippen molar-refractivity contribution in [1.29, 1.82) is 0 Å². The Morgan fingerprint density at radius 3 is 2.88 bits per heavy atom. The molecular weight excluding hydrogens is 320 g/mol. The molecule has 0 bridgehead atoms. The zero-order valence-corrected chi connectivity index (χ0v) is 14.2. The minimum Gasteiger partial charge on any atom is -0.494 e. The largest absolute Gasteiger partial charge is 0.494 e. The molecule has 1 aliphatic rings. The number of nitrogens with one attached hydrogen (secondary N) is 2. The van der Waals surface area contributed by atoms with E-state index >= 15 is 0 Å². The Morgan fingerprint density at radius 2 is 2.00 bits per heavy atom. The van der Waals surface area contributed by atoms with Crippen LogP contribution in [0.1, 0.15) is 17.5 Å². The molecule has 25 heavy (non-hydrogen) atoms. The van der Waals surface area contributed by atoms with Crippen molar-refractivity contribution in [2.75, 3.05) is 19.9 Å². The molecule has 0 aliphatic carbocycles. The quantitative estimate of drug-likeness (QED) is 0.759. The molecule has 6 nitrogen and oxygen atoms in total. The van der Waals surface area contributed by atoms with E-state index in [0.717, 1.165) is 23.5 Å². The van der Waals surface area contributed by atoms with E-state index in [4.69, 9.17) is 14.2 Å². The summed E-state index contributed by atoms with van der Waals surface area (Å²) in [5.41, 5.74) is 2.13. The third kappa shape index (κ3) is 5.04. The van der Waals surface area contributed by atoms with E-state index in [-0.39, 0.29) is 12.8 Å². The number of hydrogen-bond acceptors (Lipinski definition) is 4. The van der Waals surface area contributed by atoms with Crippen molar-refractivity contribution < 1.29 is 19.0 Å². The fourth-order valence-corrected chi connectivity index (χ4v) is 2.46. The van der Waals surface area contributed by atoms with Gasteiger partial charge in [-0.1, -0.05) is 18.2 Å². The van der Waals surface area contributed by atoms with Crippen LogP contribution in [0.2, 0.25) is 0 Å². The van der Waals surface area contributed by atoms with Gasteiger partial charge in [-0.05, 0) is 48.7 Å². The van der Waals surface area contributed by atoms with Crippen LogP contribution < -0.4 is 24.8 Å². The molecule has 0 radical (unpaired) electrons. The van der Waals surface area contributed by atoms with Crippen molar-refractivity contribution in [2.24, 2.45) is 0 Å². The Hall–Kier alpha value is -2.89.